The van der Waals surface area contributed by atoms with Gasteiger partial charge in [-0.1, -0.05) is 30.3 Å². The van der Waals surface area contributed by atoms with Crippen LogP contribution in [0.25, 0.3) is 11.2 Å². The van der Waals surface area contributed by atoms with E-state index in [0.29, 0.717) is 30.2 Å². The van der Waals surface area contributed by atoms with Crippen molar-refractivity contribution in [3.8, 4) is 0 Å². The van der Waals surface area contributed by atoms with Gasteiger partial charge in [-0.05, 0) is 12.0 Å². The number of nitrogens with two attached hydrogens (primary N) is 1. The maximum absolute atomic E-state index is 12.9. The molecule has 1 saturated heterocycles. The van der Waals surface area contributed by atoms with Crippen LogP contribution in [0, 0.1) is 0 Å². The molecule has 0 amide bonds. The molecule has 2 aromatic heterocycles. The molecule has 1 unspecified atom stereocenters. The third-order valence-electron chi connectivity index (χ3n) is 5.02. The molecule has 0 saturated carbocycles. The van der Waals surface area contributed by atoms with Gasteiger partial charge in [0.1, 0.15) is 0 Å². The molecule has 136 valence electrons. The summed E-state index contributed by atoms with van der Waals surface area (Å²) in [5.41, 5.74) is 7.27. The van der Waals surface area contributed by atoms with Crippen molar-refractivity contribution in [2.45, 2.75) is 19.0 Å². The van der Waals surface area contributed by atoms with E-state index in [2.05, 4.69) is 9.88 Å². The van der Waals surface area contributed by atoms with Gasteiger partial charge in [0.25, 0.3) is 5.56 Å². The molecule has 4 rings (SSSR count). The van der Waals surface area contributed by atoms with Gasteiger partial charge in [0.15, 0.2) is 11.2 Å². The minimum absolute atomic E-state index is 0.0895. The first-order valence-electron chi connectivity index (χ1n) is 8.68. The number of imidazole rings is 1. The Morgan fingerprint density at radius 1 is 1.15 bits per heavy atom. The number of anilines is 1. The van der Waals surface area contributed by atoms with Crippen LogP contribution >= 0.6 is 0 Å². The van der Waals surface area contributed by atoms with Crippen LogP contribution in [0.1, 0.15) is 12.0 Å². The van der Waals surface area contributed by atoms with Gasteiger partial charge in [-0.25, -0.2) is 4.79 Å². The van der Waals surface area contributed by atoms with E-state index in [0.717, 1.165) is 23.1 Å². The Morgan fingerprint density at radius 3 is 2.54 bits per heavy atom. The molecule has 26 heavy (non-hydrogen) atoms. The van der Waals surface area contributed by atoms with E-state index < -0.39 is 0 Å². The fourth-order valence-electron chi connectivity index (χ4n) is 3.56. The Bertz CT molecular complexity index is 1080. The van der Waals surface area contributed by atoms with Crippen LogP contribution in [0.4, 0.5) is 5.95 Å². The lowest BCUT2D eigenvalue weighted by atomic mass is 10.2. The van der Waals surface area contributed by atoms with Crippen LogP contribution in [0.5, 0.6) is 0 Å². The van der Waals surface area contributed by atoms with Gasteiger partial charge < -0.3 is 10.6 Å². The Hall–Kier alpha value is -2.87. The summed E-state index contributed by atoms with van der Waals surface area (Å²) in [5, 5.41) is 0. The monoisotopic (exact) mass is 354 g/mol. The van der Waals surface area contributed by atoms with Gasteiger partial charge in [0, 0.05) is 33.2 Å². The number of aromatic nitrogens is 4. The number of hydrogen-bond donors (Lipinski definition) is 1. The van der Waals surface area contributed by atoms with Crippen molar-refractivity contribution < 1.29 is 0 Å². The number of aryl methyl sites for hydroxylation is 1. The quantitative estimate of drug-likeness (QED) is 0.716. The number of rotatable bonds is 3. The summed E-state index contributed by atoms with van der Waals surface area (Å²) in [7, 11) is 3.14. The molecule has 3 heterocycles. The third-order valence-corrected chi connectivity index (χ3v) is 5.02. The van der Waals surface area contributed by atoms with E-state index in [9.17, 15) is 9.59 Å². The zero-order valence-electron chi connectivity index (χ0n) is 14.9. The molecule has 0 aliphatic carbocycles. The van der Waals surface area contributed by atoms with Crippen LogP contribution in [0.2, 0.25) is 0 Å². The van der Waals surface area contributed by atoms with E-state index in [1.807, 2.05) is 34.9 Å². The smallest absolute Gasteiger partial charge is 0.332 e. The van der Waals surface area contributed by atoms with Crippen molar-refractivity contribution in [2.24, 2.45) is 19.8 Å². The molecule has 3 aromatic rings. The van der Waals surface area contributed by atoms with Crippen molar-refractivity contribution >= 4 is 17.1 Å². The van der Waals surface area contributed by atoms with Crippen LogP contribution < -0.4 is 21.9 Å². The van der Waals surface area contributed by atoms with Crippen molar-refractivity contribution in [1.29, 1.82) is 0 Å². The molecule has 0 spiro atoms. The number of nitrogens with zero attached hydrogens (tertiary/aromatic N) is 5. The summed E-state index contributed by atoms with van der Waals surface area (Å²) in [5.74, 6) is 0.690. The number of benzene rings is 1. The molecule has 8 nitrogen and oxygen atoms in total. The topological polar surface area (TPSA) is 91.1 Å². The van der Waals surface area contributed by atoms with Gasteiger partial charge in [-0.15, -0.1) is 0 Å². The van der Waals surface area contributed by atoms with Crippen molar-refractivity contribution in [3.63, 3.8) is 0 Å². The van der Waals surface area contributed by atoms with Crippen LogP contribution in [-0.4, -0.2) is 37.8 Å². The van der Waals surface area contributed by atoms with Gasteiger partial charge in [0.05, 0.1) is 6.54 Å². The summed E-state index contributed by atoms with van der Waals surface area (Å²) < 4.78 is 4.47. The second-order valence-corrected chi connectivity index (χ2v) is 6.86. The number of fused-ring (bicyclic) bond motifs is 1. The van der Waals surface area contributed by atoms with Gasteiger partial charge in [-0.3, -0.25) is 18.5 Å². The van der Waals surface area contributed by atoms with Gasteiger partial charge in [0.2, 0.25) is 5.95 Å². The summed E-state index contributed by atoms with van der Waals surface area (Å²) in [6.45, 7) is 1.98. The zero-order chi connectivity index (χ0) is 18.4. The first kappa shape index (κ1) is 16.6. The largest absolute Gasteiger partial charge is 0.341 e. The SMILES string of the molecule is Cn1c(=O)c2c(nc(N3CCC(N)C3)n2Cc2ccccc2)n(C)c1=O. The van der Waals surface area contributed by atoms with E-state index in [-0.39, 0.29) is 17.3 Å². The molecule has 0 bridgehead atoms. The van der Waals surface area contributed by atoms with Gasteiger partial charge in [-0.2, -0.15) is 4.98 Å². The normalized spacial score (nSPS) is 17.3. The zero-order valence-corrected chi connectivity index (χ0v) is 14.9. The highest BCUT2D eigenvalue weighted by molar-refractivity contribution is 5.75. The second-order valence-electron chi connectivity index (χ2n) is 6.86. The fourth-order valence-corrected chi connectivity index (χ4v) is 3.56. The standard InChI is InChI=1S/C18H22N6O2/c1-21-15-14(16(25)22(2)18(21)26)24(10-12-6-4-3-5-7-12)17(20-15)23-9-8-13(19)11-23/h3-7,13H,8-11,19H2,1-2H3. The Labute approximate surface area is 150 Å². The minimum Gasteiger partial charge on any atom is -0.341 e. The third kappa shape index (κ3) is 2.53. The average Bonchev–Trinajstić information content (AvgIpc) is 3.23. The predicted octanol–water partition coefficient (Wildman–Crippen LogP) is 0.0194. The predicted molar refractivity (Wildman–Crippen MR) is 101 cm³/mol. The Balaban J connectivity index is 1.99. The minimum atomic E-state index is -0.378. The molecule has 1 fully saturated rings. The first-order valence-corrected chi connectivity index (χ1v) is 8.68. The average molecular weight is 354 g/mol. The van der Waals surface area contributed by atoms with Crippen molar-refractivity contribution in [1.82, 2.24) is 18.7 Å². The van der Waals surface area contributed by atoms with Crippen molar-refractivity contribution in [3.05, 3.63) is 56.7 Å². The molecule has 0 radical (unpaired) electrons. The summed E-state index contributed by atoms with van der Waals surface area (Å²) in [6.07, 6.45) is 0.880. The highest BCUT2D eigenvalue weighted by Crippen LogP contribution is 2.24. The summed E-state index contributed by atoms with van der Waals surface area (Å²) in [6, 6.07) is 10.0. The number of hydrogen-bond acceptors (Lipinski definition) is 5. The molecule has 8 heteroatoms. The van der Waals surface area contributed by atoms with E-state index in [1.54, 1.807) is 7.05 Å². The Kier molecular flexibility index (Phi) is 3.91. The maximum atomic E-state index is 12.9. The Morgan fingerprint density at radius 2 is 1.88 bits per heavy atom. The lowest BCUT2D eigenvalue weighted by Crippen LogP contribution is -2.37. The molecule has 1 aliphatic heterocycles. The lowest BCUT2D eigenvalue weighted by molar-refractivity contribution is 0.701. The molecule has 2 N–H and O–H groups in total. The van der Waals surface area contributed by atoms with Crippen LogP contribution in [-0.2, 0) is 20.6 Å². The van der Waals surface area contributed by atoms with Gasteiger partial charge >= 0.3 is 5.69 Å². The molecule has 1 atom stereocenters. The van der Waals surface area contributed by atoms with E-state index >= 15 is 0 Å². The molecular weight excluding hydrogens is 332 g/mol. The highest BCUT2D eigenvalue weighted by Gasteiger charge is 2.27. The maximum Gasteiger partial charge on any atom is 0.332 e. The second kappa shape index (κ2) is 6.14. The van der Waals surface area contributed by atoms with Crippen LogP contribution in [0.3, 0.4) is 0 Å². The van der Waals surface area contributed by atoms with Crippen LogP contribution in [0.15, 0.2) is 39.9 Å². The molecular formula is C18H22N6O2. The first-order chi connectivity index (χ1) is 12.5. The molecule has 1 aromatic carbocycles. The van der Waals surface area contributed by atoms with E-state index in [1.165, 1.54) is 11.6 Å². The molecule has 1 aliphatic rings. The summed E-state index contributed by atoms with van der Waals surface area (Å²) >= 11 is 0. The highest BCUT2D eigenvalue weighted by atomic mass is 16.2. The fraction of sp³-hybridized carbons (Fsp3) is 0.389. The van der Waals surface area contributed by atoms with Crippen molar-refractivity contribution in [2.75, 3.05) is 18.0 Å². The lowest BCUT2D eigenvalue weighted by Gasteiger charge is -2.19. The summed E-state index contributed by atoms with van der Waals surface area (Å²) in [4.78, 5) is 31.9. The van der Waals surface area contributed by atoms with E-state index in [4.69, 9.17) is 5.73 Å².